The zero-order valence-corrected chi connectivity index (χ0v) is 14.7. The minimum absolute atomic E-state index is 0.0378. The first-order valence-electron chi connectivity index (χ1n) is 8.94. The molecule has 1 aromatic carbocycles. The Morgan fingerprint density at radius 2 is 1.96 bits per heavy atom. The standard InChI is InChI=1S/C20H21N5O/c1-2-15-3-5-16(6-4-15)12-24(18-7-8-18)20(26)17-9-10-22-19(11-17)25-14-21-13-23-25/h3-6,9-11,13-14,18H,2,7-8,12H2,1H3. The lowest BCUT2D eigenvalue weighted by Gasteiger charge is -2.23. The topological polar surface area (TPSA) is 63.9 Å². The van der Waals surface area contributed by atoms with Crippen LogP contribution >= 0.6 is 0 Å². The molecule has 1 amide bonds. The second kappa shape index (κ2) is 7.07. The number of aryl methyl sites for hydroxylation is 1. The number of hydrogen-bond acceptors (Lipinski definition) is 4. The summed E-state index contributed by atoms with van der Waals surface area (Å²) in [5.41, 5.74) is 3.10. The lowest BCUT2D eigenvalue weighted by atomic mass is 10.1. The Balaban J connectivity index is 1.56. The lowest BCUT2D eigenvalue weighted by molar-refractivity contribution is 0.0729. The van der Waals surface area contributed by atoms with E-state index in [0.29, 0.717) is 24.0 Å². The lowest BCUT2D eigenvalue weighted by Crippen LogP contribution is -2.32. The third-order valence-electron chi connectivity index (χ3n) is 4.68. The third kappa shape index (κ3) is 3.49. The maximum absolute atomic E-state index is 13.1. The predicted molar refractivity (Wildman–Crippen MR) is 97.9 cm³/mol. The number of aromatic nitrogens is 4. The number of benzene rings is 1. The highest BCUT2D eigenvalue weighted by atomic mass is 16.2. The Kier molecular flexibility index (Phi) is 4.48. The summed E-state index contributed by atoms with van der Waals surface area (Å²) in [5, 5.41) is 4.08. The zero-order chi connectivity index (χ0) is 17.9. The first kappa shape index (κ1) is 16.4. The van der Waals surface area contributed by atoms with Gasteiger partial charge in [0.1, 0.15) is 12.7 Å². The average Bonchev–Trinajstić information content (AvgIpc) is 3.38. The van der Waals surface area contributed by atoms with Crippen molar-refractivity contribution < 1.29 is 4.79 Å². The summed E-state index contributed by atoms with van der Waals surface area (Å²) in [6.45, 7) is 2.78. The first-order valence-corrected chi connectivity index (χ1v) is 8.94. The van der Waals surface area contributed by atoms with Gasteiger partial charge in [0.2, 0.25) is 0 Å². The second-order valence-electron chi connectivity index (χ2n) is 6.58. The van der Waals surface area contributed by atoms with Gasteiger partial charge in [-0.15, -0.1) is 0 Å². The van der Waals surface area contributed by atoms with Gasteiger partial charge in [0, 0.05) is 24.3 Å². The summed E-state index contributed by atoms with van der Waals surface area (Å²) in [4.78, 5) is 23.3. The Hall–Kier alpha value is -3.02. The van der Waals surface area contributed by atoms with E-state index in [1.165, 1.54) is 11.9 Å². The molecule has 1 fully saturated rings. The van der Waals surface area contributed by atoms with Crippen molar-refractivity contribution >= 4 is 5.91 Å². The molecule has 4 rings (SSSR count). The molecule has 0 aliphatic heterocycles. The van der Waals surface area contributed by atoms with Crippen LogP contribution in [0, 0.1) is 0 Å². The molecule has 0 atom stereocenters. The van der Waals surface area contributed by atoms with E-state index in [1.54, 1.807) is 29.3 Å². The average molecular weight is 347 g/mol. The largest absolute Gasteiger partial charge is 0.331 e. The first-order chi connectivity index (χ1) is 12.7. The molecule has 1 aliphatic carbocycles. The van der Waals surface area contributed by atoms with E-state index >= 15 is 0 Å². The van der Waals surface area contributed by atoms with Crippen molar-refractivity contribution in [3.63, 3.8) is 0 Å². The van der Waals surface area contributed by atoms with E-state index in [1.807, 2.05) is 4.90 Å². The second-order valence-corrected chi connectivity index (χ2v) is 6.58. The molecule has 0 spiro atoms. The Labute approximate surface area is 152 Å². The molecular formula is C20H21N5O. The van der Waals surface area contributed by atoms with Crippen LogP contribution in [0.4, 0.5) is 0 Å². The van der Waals surface area contributed by atoms with Gasteiger partial charge >= 0.3 is 0 Å². The summed E-state index contributed by atoms with van der Waals surface area (Å²) >= 11 is 0. The highest BCUT2D eigenvalue weighted by molar-refractivity contribution is 5.95. The predicted octanol–water partition coefficient (Wildman–Crippen LogP) is 3.03. The molecule has 0 N–H and O–H groups in total. The maximum atomic E-state index is 13.1. The smallest absolute Gasteiger partial charge is 0.254 e. The van der Waals surface area contributed by atoms with Crippen molar-refractivity contribution in [1.29, 1.82) is 0 Å². The summed E-state index contributed by atoms with van der Waals surface area (Å²) < 4.78 is 1.56. The van der Waals surface area contributed by atoms with Crippen LogP contribution in [0.2, 0.25) is 0 Å². The molecule has 26 heavy (non-hydrogen) atoms. The van der Waals surface area contributed by atoms with Gasteiger partial charge in [-0.05, 0) is 42.5 Å². The molecular weight excluding hydrogens is 326 g/mol. The van der Waals surface area contributed by atoms with E-state index in [4.69, 9.17) is 0 Å². The monoisotopic (exact) mass is 347 g/mol. The third-order valence-corrected chi connectivity index (χ3v) is 4.68. The van der Waals surface area contributed by atoms with Crippen LogP contribution in [-0.2, 0) is 13.0 Å². The maximum Gasteiger partial charge on any atom is 0.254 e. The normalized spacial score (nSPS) is 13.6. The molecule has 0 saturated heterocycles. The minimum Gasteiger partial charge on any atom is -0.331 e. The number of carbonyl (C=O) groups excluding carboxylic acids is 1. The van der Waals surface area contributed by atoms with Gasteiger partial charge in [0.15, 0.2) is 5.82 Å². The van der Waals surface area contributed by atoms with Gasteiger partial charge in [-0.1, -0.05) is 31.2 Å². The Morgan fingerprint density at radius 1 is 1.19 bits per heavy atom. The minimum atomic E-state index is 0.0378. The van der Waals surface area contributed by atoms with Crippen molar-refractivity contribution in [1.82, 2.24) is 24.6 Å². The number of nitrogens with zero attached hydrogens (tertiary/aromatic N) is 5. The highest BCUT2D eigenvalue weighted by Crippen LogP contribution is 2.30. The van der Waals surface area contributed by atoms with Gasteiger partial charge in [0.25, 0.3) is 5.91 Å². The Morgan fingerprint density at radius 3 is 2.62 bits per heavy atom. The molecule has 0 radical (unpaired) electrons. The van der Waals surface area contributed by atoms with Gasteiger partial charge in [-0.3, -0.25) is 4.79 Å². The highest BCUT2D eigenvalue weighted by Gasteiger charge is 2.33. The van der Waals surface area contributed by atoms with E-state index < -0.39 is 0 Å². The fraction of sp³-hybridized carbons (Fsp3) is 0.300. The van der Waals surface area contributed by atoms with Crippen LogP contribution in [0.25, 0.3) is 5.82 Å². The van der Waals surface area contributed by atoms with Crippen molar-refractivity contribution in [3.8, 4) is 5.82 Å². The summed E-state index contributed by atoms with van der Waals surface area (Å²) in [6, 6.07) is 12.4. The molecule has 6 heteroatoms. The molecule has 1 aliphatic rings. The van der Waals surface area contributed by atoms with Gasteiger partial charge in [0.05, 0.1) is 0 Å². The summed E-state index contributed by atoms with van der Waals surface area (Å²) in [7, 11) is 0. The number of rotatable bonds is 6. The van der Waals surface area contributed by atoms with Crippen LogP contribution in [0.5, 0.6) is 0 Å². The number of hydrogen-bond donors (Lipinski definition) is 0. The van der Waals surface area contributed by atoms with Crippen molar-refractivity contribution in [2.24, 2.45) is 0 Å². The molecule has 1 saturated carbocycles. The fourth-order valence-electron chi connectivity index (χ4n) is 3.00. The molecule has 0 bridgehead atoms. The molecule has 2 aromatic heterocycles. The van der Waals surface area contributed by atoms with Crippen molar-refractivity contribution in [2.45, 2.75) is 38.8 Å². The molecule has 3 aromatic rings. The number of amides is 1. The molecule has 132 valence electrons. The Bertz CT molecular complexity index is 885. The summed E-state index contributed by atoms with van der Waals surface area (Å²) in [5.74, 6) is 0.632. The zero-order valence-electron chi connectivity index (χ0n) is 14.7. The number of pyridine rings is 1. The number of carbonyl (C=O) groups is 1. The van der Waals surface area contributed by atoms with E-state index in [9.17, 15) is 4.79 Å². The van der Waals surface area contributed by atoms with Crippen LogP contribution in [0.3, 0.4) is 0 Å². The molecule has 0 unspecified atom stereocenters. The fourth-order valence-corrected chi connectivity index (χ4v) is 3.00. The van der Waals surface area contributed by atoms with Crippen LogP contribution in [0.15, 0.2) is 55.2 Å². The molecule has 2 heterocycles. The van der Waals surface area contributed by atoms with Gasteiger partial charge in [-0.25, -0.2) is 14.6 Å². The van der Waals surface area contributed by atoms with E-state index in [0.717, 1.165) is 24.8 Å². The van der Waals surface area contributed by atoms with Crippen LogP contribution < -0.4 is 0 Å². The van der Waals surface area contributed by atoms with Crippen molar-refractivity contribution in [2.75, 3.05) is 0 Å². The SMILES string of the molecule is CCc1ccc(CN(C(=O)c2ccnc(-n3cncn3)c2)C2CC2)cc1. The van der Waals surface area contributed by atoms with Crippen LogP contribution in [0.1, 0.15) is 41.3 Å². The molecule has 6 nitrogen and oxygen atoms in total. The van der Waals surface area contributed by atoms with Gasteiger partial charge in [-0.2, -0.15) is 5.10 Å². The van der Waals surface area contributed by atoms with E-state index in [-0.39, 0.29) is 5.91 Å². The van der Waals surface area contributed by atoms with E-state index in [2.05, 4.69) is 46.3 Å². The quantitative estimate of drug-likeness (QED) is 0.687. The van der Waals surface area contributed by atoms with Gasteiger partial charge < -0.3 is 4.90 Å². The van der Waals surface area contributed by atoms with Crippen LogP contribution in [-0.4, -0.2) is 36.6 Å². The van der Waals surface area contributed by atoms with Crippen molar-refractivity contribution in [3.05, 3.63) is 71.9 Å². The summed E-state index contributed by atoms with van der Waals surface area (Å²) in [6.07, 6.45) is 7.83.